The first-order valence-electron chi connectivity index (χ1n) is 6.90. The summed E-state index contributed by atoms with van der Waals surface area (Å²) in [7, 11) is -3.35. The molecule has 3 rings (SSSR count). The van der Waals surface area contributed by atoms with E-state index >= 15 is 0 Å². The highest BCUT2D eigenvalue weighted by Gasteiger charge is 2.31. The third kappa shape index (κ3) is 2.89. The Morgan fingerprint density at radius 1 is 0.696 bits per heavy atom. The molecule has 0 spiro atoms. The molecule has 0 aromatic heterocycles. The van der Waals surface area contributed by atoms with Gasteiger partial charge in [0.2, 0.25) is 0 Å². The molecule has 0 unspecified atom stereocenters. The fourth-order valence-corrected chi connectivity index (χ4v) is 5.34. The number of benzene rings is 3. The highest BCUT2D eigenvalue weighted by molar-refractivity contribution is 9.10. The van der Waals surface area contributed by atoms with Crippen molar-refractivity contribution in [3.05, 3.63) is 88.9 Å². The second kappa shape index (κ2) is 6.38. The van der Waals surface area contributed by atoms with Crippen molar-refractivity contribution >= 4 is 39.0 Å². The smallest absolute Gasteiger partial charge is 0.171 e. The van der Waals surface area contributed by atoms with Gasteiger partial charge in [0.15, 0.2) is 7.14 Å². The molecule has 0 aliphatic carbocycles. The number of halogens is 3. The van der Waals surface area contributed by atoms with Crippen LogP contribution in [0.2, 0.25) is 0 Å². The summed E-state index contributed by atoms with van der Waals surface area (Å²) < 4.78 is 41.6. The van der Waals surface area contributed by atoms with Gasteiger partial charge in [-0.1, -0.05) is 60.7 Å². The summed E-state index contributed by atoms with van der Waals surface area (Å²) in [4.78, 5) is 0. The zero-order chi connectivity index (χ0) is 16.4. The zero-order valence-corrected chi connectivity index (χ0v) is 14.4. The van der Waals surface area contributed by atoms with Crippen LogP contribution >= 0.6 is 23.1 Å². The molecule has 116 valence electrons. The van der Waals surface area contributed by atoms with Crippen LogP contribution in [0.15, 0.2) is 77.3 Å². The van der Waals surface area contributed by atoms with Crippen LogP contribution in [0.4, 0.5) is 8.78 Å². The van der Waals surface area contributed by atoms with E-state index in [4.69, 9.17) is 0 Å². The molecule has 0 bridgehead atoms. The third-order valence-electron chi connectivity index (χ3n) is 3.57. The van der Waals surface area contributed by atoms with E-state index in [1.165, 1.54) is 0 Å². The van der Waals surface area contributed by atoms with Crippen molar-refractivity contribution in [1.82, 2.24) is 0 Å². The average Bonchev–Trinajstić information content (AvgIpc) is 2.60. The summed E-state index contributed by atoms with van der Waals surface area (Å²) in [5.74, 6) is -1.54. The summed E-state index contributed by atoms with van der Waals surface area (Å²) in [6.45, 7) is 0. The Bertz CT molecular complexity index is 816. The molecule has 0 atom stereocenters. The minimum Gasteiger partial charge on any atom is -0.309 e. The molecule has 23 heavy (non-hydrogen) atoms. The molecule has 0 aliphatic rings. The molecular formula is C18H12BrF2OP. The van der Waals surface area contributed by atoms with E-state index in [1.807, 2.05) is 12.1 Å². The number of rotatable bonds is 3. The normalized spacial score (nSPS) is 11.4. The van der Waals surface area contributed by atoms with E-state index < -0.39 is 18.8 Å². The maximum absolute atomic E-state index is 14.0. The van der Waals surface area contributed by atoms with E-state index in [0.717, 1.165) is 12.1 Å². The van der Waals surface area contributed by atoms with Crippen LogP contribution < -0.4 is 15.9 Å². The van der Waals surface area contributed by atoms with Gasteiger partial charge in [-0.3, -0.25) is 0 Å². The topological polar surface area (TPSA) is 17.1 Å². The molecule has 1 nitrogen and oxygen atoms in total. The zero-order valence-electron chi connectivity index (χ0n) is 11.9. The Labute approximate surface area is 141 Å². The van der Waals surface area contributed by atoms with Gasteiger partial charge in [-0.05, 0) is 28.1 Å². The van der Waals surface area contributed by atoms with E-state index in [2.05, 4.69) is 15.9 Å². The molecule has 0 fully saturated rings. The predicted molar refractivity (Wildman–Crippen MR) is 93.5 cm³/mol. The van der Waals surface area contributed by atoms with Gasteiger partial charge in [-0.25, -0.2) is 8.78 Å². The van der Waals surface area contributed by atoms with Crippen molar-refractivity contribution in [2.24, 2.45) is 0 Å². The maximum Gasteiger partial charge on any atom is 0.171 e. The first kappa shape index (κ1) is 16.1. The summed E-state index contributed by atoms with van der Waals surface area (Å²) >= 11 is 2.85. The van der Waals surface area contributed by atoms with Crippen LogP contribution in [-0.2, 0) is 4.57 Å². The molecule has 0 N–H and O–H groups in total. The number of hydrogen-bond donors (Lipinski definition) is 0. The first-order valence-corrected chi connectivity index (χ1v) is 9.40. The minimum atomic E-state index is -3.35. The van der Waals surface area contributed by atoms with Gasteiger partial charge in [0, 0.05) is 15.9 Å². The van der Waals surface area contributed by atoms with Crippen LogP contribution in [0.3, 0.4) is 0 Å². The van der Waals surface area contributed by atoms with E-state index in [9.17, 15) is 13.3 Å². The fourth-order valence-electron chi connectivity index (χ4n) is 2.45. The predicted octanol–water partition coefficient (Wildman–Crippen LogP) is 4.37. The van der Waals surface area contributed by atoms with Gasteiger partial charge in [0.1, 0.15) is 11.6 Å². The van der Waals surface area contributed by atoms with Crippen LogP contribution in [0, 0.1) is 11.6 Å². The highest BCUT2D eigenvalue weighted by atomic mass is 79.9. The lowest BCUT2D eigenvalue weighted by Gasteiger charge is -2.20. The Morgan fingerprint density at radius 3 is 1.48 bits per heavy atom. The highest BCUT2D eigenvalue weighted by Crippen LogP contribution is 2.43. The van der Waals surface area contributed by atoms with Crippen molar-refractivity contribution in [2.75, 3.05) is 0 Å². The van der Waals surface area contributed by atoms with Gasteiger partial charge in [-0.15, -0.1) is 0 Å². The number of hydrogen-bond acceptors (Lipinski definition) is 1. The van der Waals surface area contributed by atoms with Crippen LogP contribution in [0.25, 0.3) is 0 Å². The maximum atomic E-state index is 14.0. The average molecular weight is 393 g/mol. The lowest BCUT2D eigenvalue weighted by atomic mass is 10.3. The molecular weight excluding hydrogens is 381 g/mol. The molecule has 0 saturated heterocycles. The van der Waals surface area contributed by atoms with E-state index in [0.29, 0.717) is 10.6 Å². The summed E-state index contributed by atoms with van der Waals surface area (Å²) in [6, 6.07) is 19.8. The van der Waals surface area contributed by atoms with E-state index in [-0.39, 0.29) is 9.78 Å². The first-order chi connectivity index (χ1) is 11.0. The Balaban J connectivity index is 2.32. The van der Waals surface area contributed by atoms with Crippen molar-refractivity contribution in [3.8, 4) is 0 Å². The van der Waals surface area contributed by atoms with Crippen LogP contribution in [-0.4, -0.2) is 0 Å². The second-order valence-electron chi connectivity index (χ2n) is 5.00. The fraction of sp³-hybridized carbons (Fsp3) is 0. The Hall–Kier alpha value is -1.77. The van der Waals surface area contributed by atoms with Crippen molar-refractivity contribution in [2.45, 2.75) is 0 Å². The molecule has 3 aromatic carbocycles. The molecule has 0 amide bonds. The lowest BCUT2D eigenvalue weighted by molar-refractivity contribution is 0.571. The van der Waals surface area contributed by atoms with Gasteiger partial charge < -0.3 is 4.57 Å². The van der Waals surface area contributed by atoms with Crippen LogP contribution in [0.5, 0.6) is 0 Å². The van der Waals surface area contributed by atoms with Crippen molar-refractivity contribution in [3.63, 3.8) is 0 Å². The quantitative estimate of drug-likeness (QED) is 0.477. The Morgan fingerprint density at radius 2 is 1.09 bits per heavy atom. The monoisotopic (exact) mass is 392 g/mol. The Kier molecular flexibility index (Phi) is 4.47. The second-order valence-corrected chi connectivity index (χ2v) is 8.56. The molecule has 0 aliphatic heterocycles. The molecule has 3 aromatic rings. The van der Waals surface area contributed by atoms with E-state index in [1.54, 1.807) is 48.5 Å². The summed E-state index contributed by atoms with van der Waals surface area (Å²) in [5.41, 5.74) is 0. The standard InChI is InChI=1S/C18H12BrF2OP/c19-18-16(20)11-15(12-17(18)21)23(22,13-7-3-1-4-8-13)14-9-5-2-6-10-14/h1-12H. The van der Waals surface area contributed by atoms with Crippen LogP contribution in [0.1, 0.15) is 0 Å². The molecule has 0 heterocycles. The summed E-state index contributed by atoms with van der Waals surface area (Å²) in [6.07, 6.45) is 0. The van der Waals surface area contributed by atoms with Gasteiger partial charge >= 0.3 is 0 Å². The third-order valence-corrected chi connectivity index (χ3v) is 7.37. The van der Waals surface area contributed by atoms with Gasteiger partial charge in [-0.2, -0.15) is 0 Å². The van der Waals surface area contributed by atoms with Gasteiger partial charge in [0.05, 0.1) is 4.47 Å². The molecule has 0 radical (unpaired) electrons. The van der Waals surface area contributed by atoms with Gasteiger partial charge in [0.25, 0.3) is 0 Å². The molecule has 0 saturated carbocycles. The van der Waals surface area contributed by atoms with Crippen molar-refractivity contribution in [1.29, 1.82) is 0 Å². The lowest BCUT2D eigenvalue weighted by Crippen LogP contribution is -2.25. The SMILES string of the molecule is O=P(c1ccccc1)(c1ccccc1)c1cc(F)c(Br)c(F)c1. The van der Waals surface area contributed by atoms with Crippen molar-refractivity contribution < 1.29 is 13.3 Å². The largest absolute Gasteiger partial charge is 0.309 e. The minimum absolute atomic E-state index is 0.133. The molecule has 5 heteroatoms. The summed E-state index contributed by atoms with van der Waals surface area (Å²) in [5, 5.41) is 1.20.